The molecule has 2 N–H and O–H groups in total. The van der Waals surface area contributed by atoms with E-state index in [9.17, 15) is 4.79 Å². The zero-order chi connectivity index (χ0) is 24.5. The van der Waals surface area contributed by atoms with Gasteiger partial charge in [0, 0.05) is 36.6 Å². The number of imidazole rings is 1. The van der Waals surface area contributed by atoms with E-state index in [1.54, 1.807) is 6.20 Å². The van der Waals surface area contributed by atoms with Crippen LogP contribution in [0.4, 0.5) is 22.9 Å². The molecule has 2 aromatic carbocycles. The number of rotatable bonds is 6. The summed E-state index contributed by atoms with van der Waals surface area (Å²) >= 11 is 0. The fourth-order valence-electron chi connectivity index (χ4n) is 4.43. The van der Waals surface area contributed by atoms with Gasteiger partial charge in [0.05, 0.1) is 49.3 Å². The predicted octanol–water partition coefficient (Wildman–Crippen LogP) is 3.71. The number of nitrogens with zero attached hydrogens (tertiary/aromatic N) is 4. The number of carbonyl (C=O) groups is 1. The molecule has 0 atom stereocenters. The quantitative estimate of drug-likeness (QED) is 0.425. The predicted molar refractivity (Wildman–Crippen MR) is 136 cm³/mol. The molecule has 0 spiro atoms. The van der Waals surface area contributed by atoms with Gasteiger partial charge in [0.1, 0.15) is 17.3 Å². The summed E-state index contributed by atoms with van der Waals surface area (Å²) in [7, 11) is 0. The lowest BCUT2D eigenvalue weighted by atomic mass is 10.1. The summed E-state index contributed by atoms with van der Waals surface area (Å²) in [5.74, 6) is 2.01. The summed E-state index contributed by atoms with van der Waals surface area (Å²) in [4.78, 5) is 23.2. The van der Waals surface area contributed by atoms with Crippen LogP contribution in [0, 0.1) is 0 Å². The number of nitrogens with one attached hydrogen (secondary N) is 2. The van der Waals surface area contributed by atoms with Gasteiger partial charge in [-0.3, -0.25) is 9.78 Å². The number of anilines is 4. The molecule has 4 aromatic rings. The van der Waals surface area contributed by atoms with Crippen LogP contribution in [0.2, 0.25) is 0 Å². The van der Waals surface area contributed by atoms with Crippen molar-refractivity contribution in [3.8, 4) is 22.8 Å². The molecule has 184 valence electrons. The summed E-state index contributed by atoms with van der Waals surface area (Å²) in [6, 6.07) is 11.7. The zero-order valence-corrected chi connectivity index (χ0v) is 19.9. The van der Waals surface area contributed by atoms with Gasteiger partial charge in [0.25, 0.3) is 5.91 Å². The Bertz CT molecular complexity index is 1430. The molecule has 2 aliphatic rings. The molecule has 0 unspecified atom stereocenters. The van der Waals surface area contributed by atoms with Crippen molar-refractivity contribution in [1.29, 1.82) is 0 Å². The lowest BCUT2D eigenvalue weighted by Crippen LogP contribution is -2.36. The minimum Gasteiger partial charge on any atom is -0.492 e. The van der Waals surface area contributed by atoms with Crippen LogP contribution in [-0.2, 0) is 9.53 Å². The summed E-state index contributed by atoms with van der Waals surface area (Å²) in [5, 5.41) is 6.22. The van der Waals surface area contributed by atoms with Gasteiger partial charge in [0.2, 0.25) is 0 Å². The number of morpholine rings is 1. The Balaban J connectivity index is 1.25. The fraction of sp³-hybridized carbons (Fsp3) is 0.269. The minimum absolute atomic E-state index is 0.0311. The molecule has 2 aromatic heterocycles. The molecule has 0 aliphatic carbocycles. The highest BCUT2D eigenvalue weighted by Crippen LogP contribution is 2.34. The average Bonchev–Trinajstić information content (AvgIpc) is 3.30. The van der Waals surface area contributed by atoms with Gasteiger partial charge in [-0.1, -0.05) is 0 Å². The van der Waals surface area contributed by atoms with Crippen molar-refractivity contribution in [2.75, 3.05) is 55.1 Å². The maximum atomic E-state index is 11.7. The van der Waals surface area contributed by atoms with E-state index in [0.717, 1.165) is 54.7 Å². The SMILES string of the molecule is CCOc1cc(Nc2cn3cc(-c4ccc5c(c4)NC(=O)CO5)ncc3n2)ccc1N1CCOCC1. The monoisotopic (exact) mass is 486 g/mol. The Labute approximate surface area is 207 Å². The maximum Gasteiger partial charge on any atom is 0.262 e. The molecule has 10 heteroatoms. The van der Waals surface area contributed by atoms with E-state index in [1.165, 1.54) is 0 Å². The Hall–Kier alpha value is -4.31. The van der Waals surface area contributed by atoms with Crippen molar-refractivity contribution in [2.45, 2.75) is 6.92 Å². The van der Waals surface area contributed by atoms with Gasteiger partial charge in [-0.25, -0.2) is 4.98 Å². The third-order valence-corrected chi connectivity index (χ3v) is 6.13. The van der Waals surface area contributed by atoms with Crippen molar-refractivity contribution >= 4 is 34.4 Å². The number of hydrogen-bond acceptors (Lipinski definition) is 8. The molecule has 4 heterocycles. The fourth-order valence-corrected chi connectivity index (χ4v) is 4.43. The first kappa shape index (κ1) is 22.2. The van der Waals surface area contributed by atoms with E-state index in [0.29, 0.717) is 29.5 Å². The molecular weight excluding hydrogens is 460 g/mol. The molecule has 0 saturated carbocycles. The Morgan fingerprint density at radius 2 is 2.03 bits per heavy atom. The van der Waals surface area contributed by atoms with Crippen LogP contribution in [0.25, 0.3) is 16.9 Å². The third-order valence-electron chi connectivity index (χ3n) is 6.13. The van der Waals surface area contributed by atoms with Crippen molar-refractivity contribution in [1.82, 2.24) is 14.4 Å². The molecule has 6 rings (SSSR count). The molecule has 1 fully saturated rings. The van der Waals surface area contributed by atoms with E-state index in [1.807, 2.05) is 54.0 Å². The Morgan fingerprint density at radius 1 is 1.14 bits per heavy atom. The number of fused-ring (bicyclic) bond motifs is 2. The summed E-state index contributed by atoms with van der Waals surface area (Å²) < 4.78 is 18.8. The van der Waals surface area contributed by atoms with Crippen molar-refractivity contribution in [3.63, 3.8) is 0 Å². The summed E-state index contributed by atoms with van der Waals surface area (Å²) in [6.07, 6.45) is 5.55. The van der Waals surface area contributed by atoms with Crippen LogP contribution in [0.1, 0.15) is 6.92 Å². The highest BCUT2D eigenvalue weighted by Gasteiger charge is 2.18. The van der Waals surface area contributed by atoms with E-state index in [4.69, 9.17) is 14.2 Å². The second kappa shape index (κ2) is 9.38. The maximum absolute atomic E-state index is 11.7. The third kappa shape index (κ3) is 4.38. The van der Waals surface area contributed by atoms with Crippen LogP contribution < -0.4 is 25.0 Å². The highest BCUT2D eigenvalue weighted by atomic mass is 16.5. The zero-order valence-electron chi connectivity index (χ0n) is 19.9. The lowest BCUT2D eigenvalue weighted by Gasteiger charge is -2.30. The number of hydrogen-bond donors (Lipinski definition) is 2. The summed E-state index contributed by atoms with van der Waals surface area (Å²) in [6.45, 7) is 5.73. The standard InChI is InChI=1S/C26H26N6O4/c1-2-35-23-12-18(4-5-21(23)31-7-9-34-10-8-31)28-24-15-32-14-20(27-13-25(32)30-24)17-3-6-22-19(11-17)29-26(33)16-36-22/h3-6,11-15,28H,2,7-10,16H2,1H3,(H,29,33). The number of amides is 1. The van der Waals surface area contributed by atoms with Gasteiger partial charge in [-0.2, -0.15) is 0 Å². The average molecular weight is 487 g/mol. The molecule has 1 saturated heterocycles. The van der Waals surface area contributed by atoms with Crippen molar-refractivity contribution in [2.24, 2.45) is 0 Å². The number of benzene rings is 2. The van der Waals surface area contributed by atoms with Crippen LogP contribution >= 0.6 is 0 Å². The van der Waals surface area contributed by atoms with Crippen LogP contribution in [0.5, 0.6) is 11.5 Å². The first-order valence-electron chi connectivity index (χ1n) is 11.9. The lowest BCUT2D eigenvalue weighted by molar-refractivity contribution is -0.118. The topological polar surface area (TPSA) is 102 Å². The molecule has 36 heavy (non-hydrogen) atoms. The van der Waals surface area contributed by atoms with E-state index in [-0.39, 0.29) is 12.5 Å². The second-order valence-corrected chi connectivity index (χ2v) is 8.55. The molecule has 10 nitrogen and oxygen atoms in total. The normalized spacial score (nSPS) is 15.2. The van der Waals surface area contributed by atoms with Crippen molar-refractivity contribution in [3.05, 3.63) is 55.0 Å². The molecule has 1 amide bonds. The molecule has 0 radical (unpaired) electrons. The van der Waals surface area contributed by atoms with Gasteiger partial charge in [-0.15, -0.1) is 0 Å². The Kier molecular flexibility index (Phi) is 5.78. The van der Waals surface area contributed by atoms with Gasteiger partial charge in [0.15, 0.2) is 12.3 Å². The number of carbonyl (C=O) groups excluding carboxylic acids is 1. The smallest absolute Gasteiger partial charge is 0.262 e. The van der Waals surface area contributed by atoms with E-state index in [2.05, 4.69) is 31.6 Å². The Morgan fingerprint density at radius 3 is 2.89 bits per heavy atom. The number of aromatic nitrogens is 3. The second-order valence-electron chi connectivity index (χ2n) is 8.55. The molecule has 2 aliphatic heterocycles. The molecule has 0 bridgehead atoms. The van der Waals surface area contributed by atoms with Crippen LogP contribution in [-0.4, -0.2) is 59.8 Å². The number of ether oxygens (including phenoxy) is 3. The van der Waals surface area contributed by atoms with Crippen LogP contribution in [0.15, 0.2) is 55.0 Å². The van der Waals surface area contributed by atoms with E-state index >= 15 is 0 Å². The molecular formula is C26H26N6O4. The summed E-state index contributed by atoms with van der Waals surface area (Å²) in [5.41, 5.74) is 4.93. The highest BCUT2D eigenvalue weighted by molar-refractivity contribution is 5.96. The van der Waals surface area contributed by atoms with Crippen LogP contribution in [0.3, 0.4) is 0 Å². The van der Waals surface area contributed by atoms with E-state index < -0.39 is 0 Å². The minimum atomic E-state index is -0.168. The van der Waals surface area contributed by atoms with Gasteiger partial charge < -0.3 is 34.1 Å². The van der Waals surface area contributed by atoms with Gasteiger partial charge in [-0.05, 0) is 37.3 Å². The van der Waals surface area contributed by atoms with Gasteiger partial charge >= 0.3 is 0 Å². The van der Waals surface area contributed by atoms with Crippen molar-refractivity contribution < 1.29 is 19.0 Å². The first-order valence-corrected chi connectivity index (χ1v) is 11.9. The first-order chi connectivity index (χ1) is 17.7. The largest absolute Gasteiger partial charge is 0.492 e.